The summed E-state index contributed by atoms with van der Waals surface area (Å²) in [5, 5.41) is 2.76. The minimum atomic E-state index is -2.98. The third-order valence-electron chi connectivity index (χ3n) is 2.80. The molecule has 2 rings (SSSR count). The summed E-state index contributed by atoms with van der Waals surface area (Å²) < 4.78 is 24.2. The molecule has 8 heteroatoms. The molecule has 1 aliphatic heterocycles. The number of nitrogens with zero attached hydrogens (tertiary/aromatic N) is 1. The lowest BCUT2D eigenvalue weighted by Crippen LogP contribution is -2.45. The quantitative estimate of drug-likeness (QED) is 0.771. The van der Waals surface area contributed by atoms with Crippen LogP contribution >= 0.6 is 31.9 Å². The molecule has 0 spiro atoms. The van der Waals surface area contributed by atoms with Crippen molar-refractivity contribution in [3.63, 3.8) is 0 Å². The van der Waals surface area contributed by atoms with Crippen LogP contribution in [0.1, 0.15) is 0 Å². The molecule has 0 saturated carbocycles. The maximum atomic E-state index is 12.0. The van der Waals surface area contributed by atoms with Crippen molar-refractivity contribution in [2.45, 2.75) is 0 Å². The fourth-order valence-corrected chi connectivity index (χ4v) is 3.61. The van der Waals surface area contributed by atoms with Gasteiger partial charge in [-0.1, -0.05) is 15.9 Å². The SMILES string of the molecule is O=C(Nc1cc(Br)ccc1Br)N1CCS(=O)(=O)CC1. The molecule has 0 unspecified atom stereocenters. The number of carbonyl (C=O) groups is 1. The Kier molecular flexibility index (Phi) is 4.52. The maximum Gasteiger partial charge on any atom is 0.321 e. The molecule has 104 valence electrons. The summed E-state index contributed by atoms with van der Waals surface area (Å²) in [6.07, 6.45) is 0. The van der Waals surface area contributed by atoms with E-state index in [2.05, 4.69) is 37.2 Å². The molecule has 1 aliphatic rings. The van der Waals surface area contributed by atoms with Gasteiger partial charge < -0.3 is 10.2 Å². The molecule has 19 heavy (non-hydrogen) atoms. The van der Waals surface area contributed by atoms with E-state index < -0.39 is 9.84 Å². The number of carbonyl (C=O) groups excluding carboxylic acids is 1. The smallest absolute Gasteiger partial charge is 0.321 e. The predicted octanol–water partition coefficient (Wildman–Crippen LogP) is 2.47. The fraction of sp³-hybridized carbons (Fsp3) is 0.364. The number of amides is 2. The summed E-state index contributed by atoms with van der Waals surface area (Å²) in [6, 6.07) is 5.17. The summed E-state index contributed by atoms with van der Waals surface area (Å²) in [5.74, 6) is 0.0557. The van der Waals surface area contributed by atoms with Crippen LogP contribution in [-0.2, 0) is 9.84 Å². The minimum Gasteiger partial charge on any atom is -0.322 e. The van der Waals surface area contributed by atoms with Gasteiger partial charge in [-0.05, 0) is 34.1 Å². The Morgan fingerprint density at radius 3 is 2.47 bits per heavy atom. The first-order chi connectivity index (χ1) is 8.87. The maximum absolute atomic E-state index is 12.0. The van der Waals surface area contributed by atoms with Gasteiger partial charge in [-0.15, -0.1) is 0 Å². The van der Waals surface area contributed by atoms with E-state index in [0.717, 1.165) is 8.95 Å². The van der Waals surface area contributed by atoms with Gasteiger partial charge in [-0.25, -0.2) is 13.2 Å². The summed E-state index contributed by atoms with van der Waals surface area (Å²) in [4.78, 5) is 13.5. The van der Waals surface area contributed by atoms with E-state index in [0.29, 0.717) is 5.69 Å². The molecule has 1 saturated heterocycles. The Bertz CT molecular complexity index is 590. The van der Waals surface area contributed by atoms with Gasteiger partial charge in [0.1, 0.15) is 0 Å². The summed E-state index contributed by atoms with van der Waals surface area (Å²) in [7, 11) is -2.98. The highest BCUT2D eigenvalue weighted by atomic mass is 79.9. The Morgan fingerprint density at radius 1 is 1.21 bits per heavy atom. The molecule has 0 atom stereocenters. The van der Waals surface area contributed by atoms with Crippen LogP contribution in [-0.4, -0.2) is 43.9 Å². The number of halogens is 2. The fourth-order valence-electron chi connectivity index (χ4n) is 1.70. The molecule has 1 fully saturated rings. The van der Waals surface area contributed by atoms with Crippen molar-refractivity contribution >= 4 is 53.4 Å². The van der Waals surface area contributed by atoms with E-state index >= 15 is 0 Å². The van der Waals surface area contributed by atoms with E-state index in [9.17, 15) is 13.2 Å². The van der Waals surface area contributed by atoms with Gasteiger partial charge in [0.25, 0.3) is 0 Å². The van der Waals surface area contributed by atoms with Gasteiger partial charge in [-0.2, -0.15) is 0 Å². The molecule has 5 nitrogen and oxygen atoms in total. The third kappa shape index (κ3) is 3.93. The third-order valence-corrected chi connectivity index (χ3v) is 5.60. The summed E-state index contributed by atoms with van der Waals surface area (Å²) in [5.41, 5.74) is 0.646. The molecule has 0 aliphatic carbocycles. The van der Waals surface area contributed by atoms with Gasteiger partial charge in [0.05, 0.1) is 17.2 Å². The van der Waals surface area contributed by atoms with Crippen molar-refractivity contribution < 1.29 is 13.2 Å². The number of hydrogen-bond donors (Lipinski definition) is 1. The lowest BCUT2D eigenvalue weighted by molar-refractivity contribution is 0.216. The highest BCUT2D eigenvalue weighted by Crippen LogP contribution is 2.26. The summed E-state index contributed by atoms with van der Waals surface area (Å²) in [6.45, 7) is 0.472. The van der Waals surface area contributed by atoms with Crippen LogP contribution in [0, 0.1) is 0 Å². The number of nitrogens with one attached hydrogen (secondary N) is 1. The van der Waals surface area contributed by atoms with E-state index in [1.807, 2.05) is 12.1 Å². The molecular weight excluding hydrogens is 400 g/mol. The molecule has 1 N–H and O–H groups in total. The van der Waals surface area contributed by atoms with E-state index in [1.54, 1.807) is 6.07 Å². The van der Waals surface area contributed by atoms with Gasteiger partial charge in [0, 0.05) is 22.0 Å². The molecule has 2 amide bonds. The number of benzene rings is 1. The molecule has 1 aromatic carbocycles. The predicted molar refractivity (Wildman–Crippen MR) is 81.1 cm³/mol. The van der Waals surface area contributed by atoms with Gasteiger partial charge in [0.15, 0.2) is 9.84 Å². The van der Waals surface area contributed by atoms with Crippen molar-refractivity contribution in [1.82, 2.24) is 4.90 Å². The Hall–Kier alpha value is -0.600. The molecule has 0 radical (unpaired) electrons. The van der Waals surface area contributed by atoms with Crippen molar-refractivity contribution in [3.8, 4) is 0 Å². The second kappa shape index (κ2) is 5.80. The molecule has 1 aromatic rings. The van der Waals surface area contributed by atoms with Crippen LogP contribution in [0.15, 0.2) is 27.1 Å². The lowest BCUT2D eigenvalue weighted by Gasteiger charge is -2.27. The molecule has 0 aromatic heterocycles. The van der Waals surface area contributed by atoms with Crippen LogP contribution in [0.2, 0.25) is 0 Å². The second-order valence-corrected chi connectivity index (χ2v) is 8.27. The van der Waals surface area contributed by atoms with Gasteiger partial charge in [-0.3, -0.25) is 0 Å². The lowest BCUT2D eigenvalue weighted by atomic mass is 10.3. The van der Waals surface area contributed by atoms with Crippen LogP contribution in [0.25, 0.3) is 0 Å². The topological polar surface area (TPSA) is 66.5 Å². The molecular formula is C11H12Br2N2O3S. The number of anilines is 1. The van der Waals surface area contributed by atoms with Crippen molar-refractivity contribution in [2.24, 2.45) is 0 Å². The first kappa shape index (κ1) is 14.8. The number of urea groups is 1. The average Bonchev–Trinajstić information content (AvgIpc) is 2.33. The Balaban J connectivity index is 2.04. The molecule has 0 bridgehead atoms. The van der Waals surface area contributed by atoms with Gasteiger partial charge >= 0.3 is 6.03 Å². The first-order valence-electron chi connectivity index (χ1n) is 5.59. The number of sulfone groups is 1. The normalized spacial score (nSPS) is 18.1. The monoisotopic (exact) mass is 410 g/mol. The van der Waals surface area contributed by atoms with Gasteiger partial charge in [0.2, 0.25) is 0 Å². The second-order valence-electron chi connectivity index (χ2n) is 4.19. The zero-order chi connectivity index (χ0) is 14.0. The largest absolute Gasteiger partial charge is 0.322 e. The minimum absolute atomic E-state index is 0.0279. The van der Waals surface area contributed by atoms with Crippen LogP contribution < -0.4 is 5.32 Å². The van der Waals surface area contributed by atoms with E-state index in [1.165, 1.54) is 4.90 Å². The Morgan fingerprint density at radius 2 is 1.84 bits per heavy atom. The first-order valence-corrected chi connectivity index (χ1v) is 8.99. The number of rotatable bonds is 1. The highest BCUT2D eigenvalue weighted by Gasteiger charge is 2.25. The zero-order valence-electron chi connectivity index (χ0n) is 9.90. The van der Waals surface area contributed by atoms with Crippen molar-refractivity contribution in [1.29, 1.82) is 0 Å². The van der Waals surface area contributed by atoms with Crippen LogP contribution in [0.4, 0.5) is 10.5 Å². The van der Waals surface area contributed by atoms with Crippen LogP contribution in [0.3, 0.4) is 0 Å². The van der Waals surface area contributed by atoms with Crippen molar-refractivity contribution in [3.05, 3.63) is 27.1 Å². The zero-order valence-corrected chi connectivity index (χ0v) is 13.9. The van der Waals surface area contributed by atoms with E-state index in [-0.39, 0.29) is 30.6 Å². The highest BCUT2D eigenvalue weighted by molar-refractivity contribution is 9.11. The van der Waals surface area contributed by atoms with E-state index in [4.69, 9.17) is 0 Å². The molecule has 1 heterocycles. The summed E-state index contributed by atoms with van der Waals surface area (Å²) >= 11 is 6.68. The Labute approximate surface area is 128 Å². The van der Waals surface area contributed by atoms with Crippen molar-refractivity contribution in [2.75, 3.05) is 29.9 Å². The number of hydrogen-bond acceptors (Lipinski definition) is 3. The average molecular weight is 412 g/mol. The van der Waals surface area contributed by atoms with Crippen LogP contribution in [0.5, 0.6) is 0 Å². The standard InChI is InChI=1S/C11H12Br2N2O3S/c12-8-1-2-9(13)10(7-8)14-11(16)15-3-5-19(17,18)6-4-15/h1-2,7H,3-6H2,(H,14,16).